The number of nitrogens with one attached hydrogen (secondary N) is 2. The smallest absolute Gasteiger partial charge is 0.287 e. The van der Waals surface area contributed by atoms with E-state index in [4.69, 9.17) is 4.42 Å². The zero-order valence-corrected chi connectivity index (χ0v) is 10.7. The predicted octanol–water partition coefficient (Wildman–Crippen LogP) is 1.53. The lowest BCUT2D eigenvalue weighted by Gasteiger charge is -1.99. The van der Waals surface area contributed by atoms with Crippen molar-refractivity contribution in [3.8, 4) is 11.3 Å². The summed E-state index contributed by atoms with van der Waals surface area (Å²) in [6, 6.07) is 9.01. The number of tetrazole rings is 1. The Kier molecular flexibility index (Phi) is 3.42. The maximum atomic E-state index is 12.9. The Morgan fingerprint density at radius 2 is 2.05 bits per heavy atom. The second-order valence-electron chi connectivity index (χ2n) is 4.18. The molecule has 0 saturated heterocycles. The van der Waals surface area contributed by atoms with Gasteiger partial charge in [0.2, 0.25) is 0 Å². The Balaban J connectivity index is 1.69. The second kappa shape index (κ2) is 5.53. The highest BCUT2D eigenvalue weighted by molar-refractivity contribution is 5.91. The van der Waals surface area contributed by atoms with Gasteiger partial charge in [0.15, 0.2) is 11.6 Å². The predicted molar refractivity (Wildman–Crippen MR) is 69.4 cm³/mol. The van der Waals surface area contributed by atoms with Gasteiger partial charge in [-0.1, -0.05) is 5.21 Å². The Hall–Kier alpha value is -3.03. The molecule has 2 N–H and O–H groups in total. The molecule has 106 valence electrons. The number of H-pyrrole nitrogens is 1. The summed E-state index contributed by atoms with van der Waals surface area (Å²) in [6.45, 7) is 0.141. The van der Waals surface area contributed by atoms with Crippen LogP contribution in [0.2, 0.25) is 0 Å². The van der Waals surface area contributed by atoms with Crippen molar-refractivity contribution >= 4 is 5.91 Å². The Bertz CT molecular complexity index is 736. The summed E-state index contributed by atoms with van der Waals surface area (Å²) in [5.74, 6) is 0.280. The van der Waals surface area contributed by atoms with Crippen LogP contribution in [-0.2, 0) is 6.54 Å². The van der Waals surface area contributed by atoms with Crippen LogP contribution in [0.25, 0.3) is 11.3 Å². The van der Waals surface area contributed by atoms with Crippen LogP contribution in [0.4, 0.5) is 4.39 Å². The van der Waals surface area contributed by atoms with Gasteiger partial charge in [-0.2, -0.15) is 5.21 Å². The van der Waals surface area contributed by atoms with Gasteiger partial charge in [0.1, 0.15) is 11.6 Å². The first-order valence-corrected chi connectivity index (χ1v) is 6.08. The maximum absolute atomic E-state index is 12.9. The molecule has 7 nitrogen and oxygen atoms in total. The molecule has 0 atom stereocenters. The standard InChI is InChI=1S/C13H10FN5O2/c14-9-3-1-8(2-4-9)10-5-6-11(21-10)13(20)15-7-12-16-18-19-17-12/h1-6H,7H2,(H,15,20)(H,16,17,18,19). The molecule has 0 aliphatic carbocycles. The third kappa shape index (κ3) is 2.94. The van der Waals surface area contributed by atoms with Gasteiger partial charge in [-0.3, -0.25) is 4.79 Å². The van der Waals surface area contributed by atoms with Crippen molar-refractivity contribution in [1.29, 1.82) is 0 Å². The lowest BCUT2D eigenvalue weighted by atomic mass is 10.2. The van der Waals surface area contributed by atoms with Crippen molar-refractivity contribution in [2.75, 3.05) is 0 Å². The van der Waals surface area contributed by atoms with Crippen molar-refractivity contribution in [3.63, 3.8) is 0 Å². The first kappa shape index (κ1) is 13.0. The number of halogens is 1. The van der Waals surface area contributed by atoms with Gasteiger partial charge in [0.05, 0.1) is 6.54 Å². The number of carbonyl (C=O) groups is 1. The minimum atomic E-state index is -0.395. The van der Waals surface area contributed by atoms with E-state index in [0.29, 0.717) is 17.1 Å². The number of furan rings is 1. The summed E-state index contributed by atoms with van der Waals surface area (Å²) in [4.78, 5) is 11.9. The zero-order valence-electron chi connectivity index (χ0n) is 10.7. The molecule has 1 amide bonds. The van der Waals surface area contributed by atoms with E-state index in [1.54, 1.807) is 24.3 Å². The summed E-state index contributed by atoms with van der Waals surface area (Å²) < 4.78 is 18.3. The van der Waals surface area contributed by atoms with E-state index in [-0.39, 0.29) is 18.1 Å². The molecule has 2 aromatic heterocycles. The number of aromatic nitrogens is 4. The molecule has 2 heterocycles. The topological polar surface area (TPSA) is 96.7 Å². The lowest BCUT2D eigenvalue weighted by Crippen LogP contribution is -2.22. The van der Waals surface area contributed by atoms with Crippen LogP contribution < -0.4 is 5.32 Å². The van der Waals surface area contributed by atoms with Crippen LogP contribution in [0.1, 0.15) is 16.4 Å². The van der Waals surface area contributed by atoms with Gasteiger partial charge in [-0.05, 0) is 36.4 Å². The average Bonchev–Trinajstić information content (AvgIpc) is 3.17. The van der Waals surface area contributed by atoms with E-state index in [0.717, 1.165) is 0 Å². The molecule has 0 unspecified atom stereocenters. The fraction of sp³-hybridized carbons (Fsp3) is 0.0769. The second-order valence-corrected chi connectivity index (χ2v) is 4.18. The van der Waals surface area contributed by atoms with Crippen LogP contribution in [0.3, 0.4) is 0 Å². The van der Waals surface area contributed by atoms with E-state index in [9.17, 15) is 9.18 Å². The molecule has 0 saturated carbocycles. The highest BCUT2D eigenvalue weighted by Gasteiger charge is 2.12. The number of aromatic amines is 1. The minimum absolute atomic E-state index is 0.141. The number of benzene rings is 1. The van der Waals surface area contributed by atoms with Gasteiger partial charge < -0.3 is 9.73 Å². The number of rotatable bonds is 4. The summed E-state index contributed by atoms with van der Waals surface area (Å²) in [6.07, 6.45) is 0. The molecule has 0 spiro atoms. The molecule has 1 aromatic carbocycles. The minimum Gasteiger partial charge on any atom is -0.451 e. The van der Waals surface area contributed by atoms with Crippen molar-refractivity contribution < 1.29 is 13.6 Å². The van der Waals surface area contributed by atoms with Gasteiger partial charge >= 0.3 is 0 Å². The Morgan fingerprint density at radius 1 is 1.24 bits per heavy atom. The van der Waals surface area contributed by atoms with Gasteiger partial charge in [-0.15, -0.1) is 10.2 Å². The molecule has 21 heavy (non-hydrogen) atoms. The fourth-order valence-electron chi connectivity index (χ4n) is 1.73. The number of hydrogen-bond acceptors (Lipinski definition) is 5. The van der Waals surface area contributed by atoms with E-state index in [1.165, 1.54) is 12.1 Å². The first-order chi connectivity index (χ1) is 10.2. The number of carbonyl (C=O) groups excluding carboxylic acids is 1. The van der Waals surface area contributed by atoms with E-state index >= 15 is 0 Å². The Labute approximate surface area is 118 Å². The Morgan fingerprint density at radius 3 is 2.76 bits per heavy atom. The third-order valence-electron chi connectivity index (χ3n) is 2.75. The third-order valence-corrected chi connectivity index (χ3v) is 2.75. The van der Waals surface area contributed by atoms with Gasteiger partial charge in [0.25, 0.3) is 5.91 Å². The van der Waals surface area contributed by atoms with Crippen LogP contribution in [0.15, 0.2) is 40.8 Å². The summed E-state index contributed by atoms with van der Waals surface area (Å²) in [5, 5.41) is 15.7. The fourth-order valence-corrected chi connectivity index (χ4v) is 1.73. The quantitative estimate of drug-likeness (QED) is 0.758. The maximum Gasteiger partial charge on any atom is 0.287 e. The van der Waals surface area contributed by atoms with E-state index < -0.39 is 5.91 Å². The summed E-state index contributed by atoms with van der Waals surface area (Å²) in [5.41, 5.74) is 0.689. The normalized spacial score (nSPS) is 10.5. The lowest BCUT2D eigenvalue weighted by molar-refractivity contribution is 0.0923. The van der Waals surface area contributed by atoms with Crippen LogP contribution >= 0.6 is 0 Å². The van der Waals surface area contributed by atoms with Gasteiger partial charge in [-0.25, -0.2) is 4.39 Å². The van der Waals surface area contributed by atoms with E-state index in [1.807, 2.05) is 0 Å². The summed E-state index contributed by atoms with van der Waals surface area (Å²) >= 11 is 0. The summed E-state index contributed by atoms with van der Waals surface area (Å²) in [7, 11) is 0. The SMILES string of the molecule is O=C(NCc1nn[nH]n1)c1ccc(-c2ccc(F)cc2)o1. The van der Waals surface area contributed by atoms with E-state index in [2.05, 4.69) is 25.9 Å². The van der Waals surface area contributed by atoms with Crippen LogP contribution in [0.5, 0.6) is 0 Å². The zero-order chi connectivity index (χ0) is 14.7. The van der Waals surface area contributed by atoms with Gasteiger partial charge in [0, 0.05) is 5.56 Å². The van der Waals surface area contributed by atoms with Crippen molar-refractivity contribution in [3.05, 3.63) is 53.8 Å². The molecular weight excluding hydrogens is 277 g/mol. The molecule has 0 bridgehead atoms. The number of nitrogens with zero attached hydrogens (tertiary/aromatic N) is 3. The molecular formula is C13H10FN5O2. The number of hydrogen-bond donors (Lipinski definition) is 2. The van der Waals surface area contributed by atoms with Crippen LogP contribution in [-0.4, -0.2) is 26.5 Å². The monoisotopic (exact) mass is 287 g/mol. The van der Waals surface area contributed by atoms with Crippen molar-refractivity contribution in [2.24, 2.45) is 0 Å². The highest BCUT2D eigenvalue weighted by Crippen LogP contribution is 2.22. The molecule has 0 aliphatic rings. The highest BCUT2D eigenvalue weighted by atomic mass is 19.1. The molecule has 3 rings (SSSR count). The molecule has 0 radical (unpaired) electrons. The largest absolute Gasteiger partial charge is 0.451 e. The average molecular weight is 287 g/mol. The number of amides is 1. The van der Waals surface area contributed by atoms with Crippen molar-refractivity contribution in [2.45, 2.75) is 6.54 Å². The molecule has 8 heteroatoms. The molecule has 3 aromatic rings. The molecule has 0 fully saturated rings. The molecule has 0 aliphatic heterocycles. The van der Waals surface area contributed by atoms with Crippen molar-refractivity contribution in [1.82, 2.24) is 25.9 Å². The van der Waals surface area contributed by atoms with Crippen LogP contribution in [0, 0.1) is 5.82 Å². The first-order valence-electron chi connectivity index (χ1n) is 6.08.